The summed E-state index contributed by atoms with van der Waals surface area (Å²) in [5.41, 5.74) is 2.39. The first-order valence-electron chi connectivity index (χ1n) is 21.7. The van der Waals surface area contributed by atoms with Gasteiger partial charge in [0, 0.05) is 80.4 Å². The fourth-order valence-electron chi connectivity index (χ4n) is 9.29. The molecule has 14 nitrogen and oxygen atoms in total. The number of nitrogens with zero attached hydrogens (tertiary/aromatic N) is 6. The van der Waals surface area contributed by atoms with Crippen molar-refractivity contribution >= 4 is 56.4 Å². The Hall–Kier alpha value is -5.29. The lowest BCUT2D eigenvalue weighted by Crippen LogP contribution is -2.52. The molecule has 328 valence electrons. The zero-order valence-electron chi connectivity index (χ0n) is 35.1. The first-order chi connectivity index (χ1) is 29.8. The lowest BCUT2D eigenvalue weighted by molar-refractivity contribution is -0.149. The van der Waals surface area contributed by atoms with Crippen LogP contribution >= 0.6 is 11.3 Å². The predicted octanol–water partition coefficient (Wildman–Crippen LogP) is 6.33. The first kappa shape index (κ1) is 43.4. The maximum atomic E-state index is 16.1. The zero-order valence-corrected chi connectivity index (χ0v) is 36.8. The summed E-state index contributed by atoms with van der Waals surface area (Å²) in [6, 6.07) is 14.3. The van der Waals surface area contributed by atoms with E-state index in [1.807, 2.05) is 41.0 Å². The lowest BCUT2D eigenvalue weighted by Gasteiger charge is -2.44. The van der Waals surface area contributed by atoms with Gasteiger partial charge in [-0.2, -0.15) is 0 Å². The Kier molecular flexibility index (Phi) is 12.7. The minimum atomic E-state index is -3.72. The number of hydrogen-bond acceptors (Lipinski definition) is 11. The number of anilines is 2. The van der Waals surface area contributed by atoms with Crippen LogP contribution in [-0.4, -0.2) is 102 Å². The molecule has 4 fully saturated rings. The van der Waals surface area contributed by atoms with Crippen molar-refractivity contribution in [3.63, 3.8) is 0 Å². The second-order valence-corrected chi connectivity index (χ2v) is 20.1. The molecule has 17 heteroatoms. The van der Waals surface area contributed by atoms with Gasteiger partial charge in [-0.05, 0) is 87.3 Å². The van der Waals surface area contributed by atoms with Crippen molar-refractivity contribution in [1.29, 1.82) is 0 Å². The monoisotopic (exact) mass is 884 g/mol. The van der Waals surface area contributed by atoms with E-state index in [0.717, 1.165) is 42.2 Å². The van der Waals surface area contributed by atoms with Gasteiger partial charge in [0.15, 0.2) is 5.82 Å². The van der Waals surface area contributed by atoms with Gasteiger partial charge in [0.1, 0.15) is 6.33 Å². The molecule has 0 unspecified atom stereocenters. The molecule has 4 saturated heterocycles. The van der Waals surface area contributed by atoms with Gasteiger partial charge in [-0.25, -0.2) is 27.8 Å². The molecule has 2 N–H and O–H groups in total. The van der Waals surface area contributed by atoms with E-state index in [2.05, 4.69) is 24.9 Å². The van der Waals surface area contributed by atoms with E-state index in [4.69, 9.17) is 4.98 Å². The summed E-state index contributed by atoms with van der Waals surface area (Å²) < 4.78 is 43.5. The molecule has 0 bridgehead atoms. The van der Waals surface area contributed by atoms with Crippen LogP contribution in [0.5, 0.6) is 0 Å². The summed E-state index contributed by atoms with van der Waals surface area (Å²) in [5, 5.41) is 3.24. The number of benzene rings is 2. The van der Waals surface area contributed by atoms with Crippen LogP contribution < -0.4 is 14.9 Å². The van der Waals surface area contributed by atoms with Crippen molar-refractivity contribution in [2.45, 2.75) is 83.5 Å². The molecule has 4 aliphatic rings. The molecule has 62 heavy (non-hydrogen) atoms. The third kappa shape index (κ3) is 9.24. The highest BCUT2D eigenvalue weighted by Crippen LogP contribution is 2.43. The maximum absolute atomic E-state index is 16.1. The number of rotatable bonds is 11. The molecule has 0 saturated carbocycles. The van der Waals surface area contributed by atoms with Crippen molar-refractivity contribution in [2.24, 2.45) is 11.3 Å². The van der Waals surface area contributed by atoms with Crippen LogP contribution in [0.2, 0.25) is 0 Å². The quantitative estimate of drug-likeness (QED) is 0.162. The van der Waals surface area contributed by atoms with Gasteiger partial charge in [-0.3, -0.25) is 29.2 Å². The fraction of sp³-hybridized carbons (Fsp3) is 0.489. The first-order valence-corrected chi connectivity index (χ1v) is 24.1. The average Bonchev–Trinajstić information content (AvgIpc) is 3.73. The molecular weight excluding hydrogens is 832 g/mol. The highest BCUT2D eigenvalue weighted by molar-refractivity contribution is 7.92. The van der Waals surface area contributed by atoms with E-state index in [9.17, 15) is 27.6 Å². The summed E-state index contributed by atoms with van der Waals surface area (Å²) in [4.78, 5) is 72.0. The normalized spacial score (nSPS) is 20.2. The zero-order chi connectivity index (χ0) is 43.6. The van der Waals surface area contributed by atoms with Crippen LogP contribution in [0.4, 0.5) is 15.8 Å². The molecule has 2 aromatic carbocycles. The Bertz CT molecular complexity index is 2410. The third-order valence-corrected chi connectivity index (χ3v) is 15.7. The number of aromatic nitrogens is 3. The summed E-state index contributed by atoms with van der Waals surface area (Å²) in [5.74, 6) is -1.36. The molecular formula is C45H53FN8O6S2. The van der Waals surface area contributed by atoms with E-state index in [1.54, 1.807) is 31.3 Å². The fourth-order valence-corrected chi connectivity index (χ4v) is 11.6. The number of likely N-dealkylation sites (tertiary alicyclic amines) is 2. The standard InChI is InChI=1S/C45H53FN8O6S2/c1-3-27-62(59,60)51-35-6-4-5-34(38(35)46)39-40(36-13-20-47-28-48-36)61-42(50-39)30-14-23-54(24-15-30)44(58)45(2)18-25-53(26-19-45)43(57)31-16-21-52(22-17-31)32-9-7-29(8-10-32)33-11-12-37(55)49-41(33)56/h4-10,13,20,28,30-31,33,51H,3,11-12,14-19,21-27H2,1-2H3,(H,49,55,56)/t33-/m1/s1. The maximum Gasteiger partial charge on any atom is 0.234 e. The summed E-state index contributed by atoms with van der Waals surface area (Å²) >= 11 is 1.43. The molecule has 4 aliphatic heterocycles. The smallest absolute Gasteiger partial charge is 0.234 e. The van der Waals surface area contributed by atoms with Crippen LogP contribution in [0.25, 0.3) is 21.8 Å². The molecule has 2 aromatic heterocycles. The molecule has 4 aromatic rings. The summed E-state index contributed by atoms with van der Waals surface area (Å²) in [6.45, 7) is 7.49. The Balaban J connectivity index is 0.851. The number of thiazole rings is 1. The Labute approximate surface area is 365 Å². The van der Waals surface area contributed by atoms with E-state index in [-0.39, 0.29) is 58.4 Å². The SMILES string of the molecule is CCCS(=O)(=O)Nc1cccc(-c2nc(C3CCN(C(=O)C4(C)CCN(C(=O)C5CCN(c6ccc([C@H]7CCC(=O)NC7=O)cc6)CC5)CC4)CC3)sc2-c2ccncn2)c1F. The van der Waals surface area contributed by atoms with Crippen molar-refractivity contribution in [1.82, 2.24) is 30.1 Å². The summed E-state index contributed by atoms with van der Waals surface area (Å²) in [7, 11) is -3.72. The molecule has 8 rings (SSSR count). The number of sulfonamides is 1. The topological polar surface area (TPSA) is 175 Å². The van der Waals surface area contributed by atoms with Gasteiger partial charge in [0.2, 0.25) is 33.7 Å². The van der Waals surface area contributed by atoms with Gasteiger partial charge in [-0.15, -0.1) is 11.3 Å². The van der Waals surface area contributed by atoms with Crippen molar-refractivity contribution in [3.8, 4) is 21.8 Å². The van der Waals surface area contributed by atoms with Crippen molar-refractivity contribution in [3.05, 3.63) is 77.4 Å². The lowest BCUT2D eigenvalue weighted by atomic mass is 9.78. The van der Waals surface area contributed by atoms with Crippen LogP contribution in [-0.2, 0) is 29.2 Å². The highest BCUT2D eigenvalue weighted by atomic mass is 32.2. The number of carbonyl (C=O) groups is 4. The van der Waals surface area contributed by atoms with E-state index in [0.29, 0.717) is 87.4 Å². The Morgan fingerprint density at radius 2 is 1.66 bits per heavy atom. The van der Waals surface area contributed by atoms with Crippen LogP contribution in [0.3, 0.4) is 0 Å². The number of amides is 4. The van der Waals surface area contributed by atoms with Crippen molar-refractivity contribution < 1.29 is 32.0 Å². The van der Waals surface area contributed by atoms with Gasteiger partial charge in [-0.1, -0.05) is 32.0 Å². The number of piperidine rings is 4. The number of imide groups is 1. The molecule has 4 amide bonds. The predicted molar refractivity (Wildman–Crippen MR) is 235 cm³/mol. The molecule has 0 radical (unpaired) electrons. The second-order valence-electron chi connectivity index (χ2n) is 17.2. The van der Waals surface area contributed by atoms with E-state index < -0.39 is 21.3 Å². The number of carbonyl (C=O) groups excluding carboxylic acids is 4. The van der Waals surface area contributed by atoms with Gasteiger partial charge < -0.3 is 14.7 Å². The van der Waals surface area contributed by atoms with Gasteiger partial charge in [0.05, 0.1) is 38.6 Å². The number of nitrogens with one attached hydrogen (secondary N) is 2. The average molecular weight is 885 g/mol. The molecule has 0 spiro atoms. The molecule has 1 atom stereocenters. The number of halogens is 1. The Morgan fingerprint density at radius 3 is 2.32 bits per heavy atom. The van der Waals surface area contributed by atoms with Gasteiger partial charge >= 0.3 is 0 Å². The largest absolute Gasteiger partial charge is 0.371 e. The minimum absolute atomic E-state index is 0.0311. The van der Waals surface area contributed by atoms with Gasteiger partial charge in [0.25, 0.3) is 0 Å². The van der Waals surface area contributed by atoms with E-state index >= 15 is 4.39 Å². The van der Waals surface area contributed by atoms with Crippen LogP contribution in [0, 0.1) is 17.2 Å². The molecule has 0 aliphatic carbocycles. The summed E-state index contributed by atoms with van der Waals surface area (Å²) in [6.07, 6.45) is 8.37. The van der Waals surface area contributed by atoms with E-state index in [1.165, 1.54) is 23.7 Å². The third-order valence-electron chi connectivity index (χ3n) is 13.0. The number of hydrogen-bond donors (Lipinski definition) is 2. The van der Waals surface area contributed by atoms with Crippen molar-refractivity contribution in [2.75, 3.05) is 54.6 Å². The second kappa shape index (κ2) is 18.2. The highest BCUT2D eigenvalue weighted by Gasteiger charge is 2.43. The molecule has 6 heterocycles. The Morgan fingerprint density at radius 1 is 0.935 bits per heavy atom. The van der Waals surface area contributed by atoms with Crippen LogP contribution in [0.15, 0.2) is 61.1 Å². The minimum Gasteiger partial charge on any atom is -0.371 e. The van der Waals surface area contributed by atoms with Crippen LogP contribution in [0.1, 0.15) is 94.0 Å².